The van der Waals surface area contributed by atoms with Gasteiger partial charge in [-0.15, -0.1) is 0 Å². The van der Waals surface area contributed by atoms with Gasteiger partial charge in [0, 0.05) is 18.1 Å². The number of carbonyl (C=O) groups is 1. The van der Waals surface area contributed by atoms with Crippen molar-refractivity contribution in [2.24, 2.45) is 0 Å². The van der Waals surface area contributed by atoms with E-state index in [2.05, 4.69) is 9.72 Å². The molecule has 0 aliphatic carbocycles. The Bertz CT molecular complexity index is 653. The van der Waals surface area contributed by atoms with Crippen molar-refractivity contribution < 1.29 is 22.7 Å². The predicted octanol–water partition coefficient (Wildman–Crippen LogP) is 3.54. The normalized spacial score (nSPS) is 13.0. The van der Waals surface area contributed by atoms with Gasteiger partial charge in [-0.05, 0) is 31.2 Å². The van der Waals surface area contributed by atoms with Crippen molar-refractivity contribution in [2.45, 2.75) is 23.5 Å². The van der Waals surface area contributed by atoms with Crippen LogP contribution in [0.4, 0.5) is 13.2 Å². The molecule has 0 radical (unpaired) electrons. The Kier molecular flexibility index (Phi) is 4.80. The van der Waals surface area contributed by atoms with E-state index in [4.69, 9.17) is 0 Å². The molecule has 0 bridgehead atoms. The number of carbonyl (C=O) groups excluding carboxylic acids is 1. The lowest BCUT2D eigenvalue weighted by atomic mass is 10.2. The van der Waals surface area contributed by atoms with Crippen LogP contribution in [0.15, 0.2) is 41.8 Å². The van der Waals surface area contributed by atoms with Crippen LogP contribution < -0.4 is 0 Å². The first-order chi connectivity index (χ1) is 10.3. The molecule has 4 nitrogen and oxygen atoms in total. The highest BCUT2D eigenvalue weighted by atomic mass is 32.2. The molecule has 0 aliphatic heterocycles. The van der Waals surface area contributed by atoms with Crippen molar-refractivity contribution >= 4 is 17.7 Å². The van der Waals surface area contributed by atoms with E-state index in [1.165, 1.54) is 37.2 Å². The smallest absolute Gasteiger partial charge is 0.416 e. The highest BCUT2D eigenvalue weighted by Crippen LogP contribution is 2.30. The summed E-state index contributed by atoms with van der Waals surface area (Å²) in [5.41, 5.74) is -0.182. The number of hydrogen-bond donors (Lipinski definition) is 0. The number of esters is 1. The molecule has 0 saturated carbocycles. The molecular weight excluding hydrogens is 317 g/mol. The van der Waals surface area contributed by atoms with Crippen LogP contribution >= 0.6 is 11.8 Å². The molecule has 0 spiro atoms. The summed E-state index contributed by atoms with van der Waals surface area (Å²) in [6, 6.07) is 4.73. The van der Waals surface area contributed by atoms with Crippen LogP contribution in [-0.2, 0) is 15.7 Å². The van der Waals surface area contributed by atoms with Crippen LogP contribution in [0, 0.1) is 0 Å². The molecule has 0 N–H and O–H groups in total. The van der Waals surface area contributed by atoms with Gasteiger partial charge in [-0.1, -0.05) is 11.8 Å². The summed E-state index contributed by atoms with van der Waals surface area (Å²) in [7, 11) is 1.29. The van der Waals surface area contributed by atoms with Crippen LogP contribution in [0.1, 0.15) is 12.5 Å². The zero-order chi connectivity index (χ0) is 16.3. The number of ether oxygens (including phenoxy) is 1. The molecule has 1 aromatic heterocycles. The number of alkyl halides is 3. The Balaban J connectivity index is 2.24. The van der Waals surface area contributed by atoms with E-state index in [1.54, 1.807) is 17.7 Å². The quantitative estimate of drug-likeness (QED) is 0.635. The maximum absolute atomic E-state index is 12.6. The van der Waals surface area contributed by atoms with Crippen molar-refractivity contribution in [3.05, 3.63) is 42.2 Å². The Morgan fingerprint density at radius 1 is 1.32 bits per heavy atom. The van der Waals surface area contributed by atoms with E-state index in [9.17, 15) is 18.0 Å². The first-order valence-corrected chi connectivity index (χ1v) is 7.16. The van der Waals surface area contributed by atoms with E-state index in [0.717, 1.165) is 12.1 Å². The second-order valence-corrected chi connectivity index (χ2v) is 5.72. The molecule has 2 aromatic rings. The minimum atomic E-state index is -4.37. The number of methoxy groups -OCH3 is 1. The number of rotatable bonds is 4. The van der Waals surface area contributed by atoms with E-state index in [0.29, 0.717) is 10.8 Å². The topological polar surface area (TPSA) is 44.1 Å². The lowest BCUT2D eigenvalue weighted by Crippen LogP contribution is -2.15. The fraction of sp³-hybridized carbons (Fsp3) is 0.286. The third kappa shape index (κ3) is 3.62. The maximum Gasteiger partial charge on any atom is 0.416 e. The SMILES string of the molecule is COC(=O)[C@@H](C)Sc1nccn1-c1ccc(C(F)(F)F)cc1. The van der Waals surface area contributed by atoms with Gasteiger partial charge in [-0.25, -0.2) is 4.98 Å². The lowest BCUT2D eigenvalue weighted by Gasteiger charge is -2.12. The van der Waals surface area contributed by atoms with E-state index < -0.39 is 23.0 Å². The number of nitrogens with zero attached hydrogens (tertiary/aromatic N) is 2. The molecule has 1 atom stereocenters. The predicted molar refractivity (Wildman–Crippen MR) is 75.9 cm³/mol. The second kappa shape index (κ2) is 6.43. The standard InChI is InChI=1S/C14H13F3N2O2S/c1-9(12(20)21-2)22-13-18-7-8-19(13)11-5-3-10(4-6-11)14(15,16)17/h3-9H,1-2H3/t9-/m1/s1. The van der Waals surface area contributed by atoms with Crippen molar-refractivity contribution in [2.75, 3.05) is 7.11 Å². The van der Waals surface area contributed by atoms with Gasteiger partial charge in [0.25, 0.3) is 0 Å². The van der Waals surface area contributed by atoms with Crippen LogP contribution in [0.25, 0.3) is 5.69 Å². The second-order valence-electron chi connectivity index (χ2n) is 4.41. The molecule has 0 saturated heterocycles. The molecule has 1 aromatic carbocycles. The average Bonchev–Trinajstić information content (AvgIpc) is 2.93. The third-order valence-electron chi connectivity index (χ3n) is 2.89. The molecule has 1 heterocycles. The van der Waals surface area contributed by atoms with Gasteiger partial charge in [-0.2, -0.15) is 13.2 Å². The lowest BCUT2D eigenvalue weighted by molar-refractivity contribution is -0.139. The Labute approximate surface area is 129 Å². The molecule has 0 amide bonds. The summed E-state index contributed by atoms with van der Waals surface area (Å²) in [4.78, 5) is 15.6. The van der Waals surface area contributed by atoms with Crippen molar-refractivity contribution in [3.63, 3.8) is 0 Å². The summed E-state index contributed by atoms with van der Waals surface area (Å²) in [5.74, 6) is -0.396. The van der Waals surface area contributed by atoms with Gasteiger partial charge < -0.3 is 4.74 Å². The molecule has 8 heteroatoms. The maximum atomic E-state index is 12.6. The largest absolute Gasteiger partial charge is 0.468 e. The first-order valence-electron chi connectivity index (χ1n) is 6.28. The average molecular weight is 330 g/mol. The minimum Gasteiger partial charge on any atom is -0.468 e. The molecule has 118 valence electrons. The van der Waals surface area contributed by atoms with Crippen LogP contribution in [0.5, 0.6) is 0 Å². The fourth-order valence-electron chi connectivity index (χ4n) is 1.76. The van der Waals surface area contributed by atoms with Crippen LogP contribution in [-0.4, -0.2) is 27.9 Å². The van der Waals surface area contributed by atoms with E-state index in [1.807, 2.05) is 0 Å². The summed E-state index contributed by atoms with van der Waals surface area (Å²) >= 11 is 1.17. The van der Waals surface area contributed by atoms with Gasteiger partial charge in [0.15, 0.2) is 5.16 Å². The van der Waals surface area contributed by atoms with Gasteiger partial charge >= 0.3 is 12.1 Å². The summed E-state index contributed by atoms with van der Waals surface area (Å²) in [5, 5.41) is 0.0262. The Morgan fingerprint density at radius 3 is 2.50 bits per heavy atom. The molecule has 22 heavy (non-hydrogen) atoms. The molecule has 0 unspecified atom stereocenters. The monoisotopic (exact) mass is 330 g/mol. The summed E-state index contributed by atoms with van der Waals surface area (Å²) in [6.45, 7) is 1.67. The summed E-state index contributed by atoms with van der Waals surface area (Å²) in [6.07, 6.45) is -1.23. The van der Waals surface area contributed by atoms with E-state index >= 15 is 0 Å². The fourth-order valence-corrected chi connectivity index (χ4v) is 2.67. The van der Waals surface area contributed by atoms with Crippen molar-refractivity contribution in [1.29, 1.82) is 0 Å². The number of benzene rings is 1. The first kappa shape index (κ1) is 16.4. The number of imidazole rings is 1. The Hall–Kier alpha value is -1.96. The van der Waals surface area contributed by atoms with Crippen LogP contribution in [0.2, 0.25) is 0 Å². The number of hydrogen-bond acceptors (Lipinski definition) is 4. The van der Waals surface area contributed by atoms with Crippen molar-refractivity contribution in [1.82, 2.24) is 9.55 Å². The van der Waals surface area contributed by atoms with Crippen LogP contribution in [0.3, 0.4) is 0 Å². The zero-order valence-corrected chi connectivity index (χ0v) is 12.6. The van der Waals surface area contributed by atoms with Crippen molar-refractivity contribution in [3.8, 4) is 5.69 Å². The number of aromatic nitrogens is 2. The molecule has 0 fully saturated rings. The van der Waals surface area contributed by atoms with Gasteiger partial charge in [-0.3, -0.25) is 9.36 Å². The minimum absolute atomic E-state index is 0.396. The number of halogens is 3. The highest BCUT2D eigenvalue weighted by Gasteiger charge is 2.30. The molecule has 0 aliphatic rings. The molecular formula is C14H13F3N2O2S. The summed E-state index contributed by atoms with van der Waals surface area (Å²) < 4.78 is 44.0. The number of thioether (sulfide) groups is 1. The third-order valence-corrected chi connectivity index (χ3v) is 3.95. The highest BCUT2D eigenvalue weighted by molar-refractivity contribution is 8.00. The van der Waals surface area contributed by atoms with E-state index in [-0.39, 0.29) is 0 Å². The van der Waals surface area contributed by atoms with Gasteiger partial charge in [0.2, 0.25) is 0 Å². The zero-order valence-electron chi connectivity index (χ0n) is 11.8. The Morgan fingerprint density at radius 2 is 1.95 bits per heavy atom. The van der Waals surface area contributed by atoms with Gasteiger partial charge in [0.05, 0.1) is 12.7 Å². The van der Waals surface area contributed by atoms with Gasteiger partial charge in [0.1, 0.15) is 5.25 Å². The molecule has 2 rings (SSSR count).